The number of hydrogen-bond donors (Lipinski definition) is 0. The number of nitriles is 1. The summed E-state index contributed by atoms with van der Waals surface area (Å²) in [6.07, 6.45) is 1.64. The number of ether oxygens (including phenoxy) is 2. The van der Waals surface area contributed by atoms with Crippen LogP contribution in [0.1, 0.15) is 29.8 Å². The van der Waals surface area contributed by atoms with Crippen molar-refractivity contribution in [3.8, 4) is 17.6 Å². The summed E-state index contributed by atoms with van der Waals surface area (Å²) in [5.74, 6) is 1.98. The van der Waals surface area contributed by atoms with Crippen LogP contribution < -0.4 is 14.4 Å². The van der Waals surface area contributed by atoms with Crippen LogP contribution in [0.4, 0.5) is 5.82 Å². The van der Waals surface area contributed by atoms with Crippen LogP contribution in [0.2, 0.25) is 0 Å². The first-order chi connectivity index (χ1) is 13.7. The quantitative estimate of drug-likeness (QED) is 0.767. The van der Waals surface area contributed by atoms with E-state index in [2.05, 4.69) is 16.0 Å². The van der Waals surface area contributed by atoms with Gasteiger partial charge < -0.3 is 19.3 Å². The summed E-state index contributed by atoms with van der Waals surface area (Å²) in [4.78, 5) is 21.2. The fourth-order valence-corrected chi connectivity index (χ4v) is 3.17. The van der Waals surface area contributed by atoms with E-state index in [1.54, 1.807) is 36.5 Å². The van der Waals surface area contributed by atoms with Gasteiger partial charge in [-0.3, -0.25) is 4.79 Å². The summed E-state index contributed by atoms with van der Waals surface area (Å²) in [6, 6.07) is 10.9. The minimum Gasteiger partial charge on any atom is -0.490 e. The molecule has 28 heavy (non-hydrogen) atoms. The minimum atomic E-state index is -0.0256. The van der Waals surface area contributed by atoms with Crippen LogP contribution in [0.3, 0.4) is 0 Å². The van der Waals surface area contributed by atoms with Crippen LogP contribution in [-0.2, 0) is 0 Å². The van der Waals surface area contributed by atoms with Crippen molar-refractivity contribution >= 4 is 11.7 Å². The fraction of sp³-hybridized carbons (Fsp3) is 0.381. The Morgan fingerprint density at radius 2 is 1.79 bits per heavy atom. The Balaban J connectivity index is 1.68. The van der Waals surface area contributed by atoms with Crippen LogP contribution in [-0.4, -0.2) is 55.2 Å². The van der Waals surface area contributed by atoms with Crippen molar-refractivity contribution < 1.29 is 14.3 Å². The molecule has 3 rings (SSSR count). The zero-order chi connectivity index (χ0) is 19.9. The molecule has 1 aliphatic rings. The van der Waals surface area contributed by atoms with E-state index in [-0.39, 0.29) is 5.91 Å². The van der Waals surface area contributed by atoms with E-state index in [1.165, 1.54) is 0 Å². The molecule has 0 unspecified atom stereocenters. The van der Waals surface area contributed by atoms with Gasteiger partial charge in [-0.05, 0) is 44.2 Å². The van der Waals surface area contributed by atoms with Gasteiger partial charge in [-0.25, -0.2) is 4.98 Å². The number of carbonyl (C=O) groups is 1. The summed E-state index contributed by atoms with van der Waals surface area (Å²) in [5.41, 5.74) is 1.17. The summed E-state index contributed by atoms with van der Waals surface area (Å²) in [5, 5.41) is 9.05. The maximum Gasteiger partial charge on any atom is 0.254 e. The van der Waals surface area contributed by atoms with Crippen LogP contribution >= 0.6 is 0 Å². The molecule has 1 fully saturated rings. The molecule has 7 heteroatoms. The first-order valence-electron chi connectivity index (χ1n) is 9.46. The second kappa shape index (κ2) is 9.09. The molecule has 2 aromatic rings. The Labute approximate surface area is 165 Å². The molecule has 2 heterocycles. The van der Waals surface area contributed by atoms with Gasteiger partial charge in [0.05, 0.1) is 24.8 Å². The molecule has 0 aliphatic carbocycles. The maximum absolute atomic E-state index is 12.9. The van der Waals surface area contributed by atoms with Crippen LogP contribution in [0.25, 0.3) is 0 Å². The molecule has 0 atom stereocenters. The van der Waals surface area contributed by atoms with Crippen LogP contribution in [0, 0.1) is 11.3 Å². The standard InChI is InChI=1S/C21H24N4O3/c1-3-27-18-6-5-17(14-19(18)28-4-2)21(26)25-11-9-24(10-12-25)20-13-16(15-22)7-8-23-20/h5-8,13-14H,3-4,9-12H2,1-2H3. The smallest absolute Gasteiger partial charge is 0.254 e. The largest absolute Gasteiger partial charge is 0.490 e. The fourth-order valence-electron chi connectivity index (χ4n) is 3.17. The normalized spacial score (nSPS) is 13.8. The molecular weight excluding hydrogens is 356 g/mol. The molecule has 0 saturated carbocycles. The van der Waals surface area contributed by atoms with E-state index >= 15 is 0 Å². The van der Waals surface area contributed by atoms with E-state index in [4.69, 9.17) is 14.7 Å². The molecule has 7 nitrogen and oxygen atoms in total. The van der Waals surface area contributed by atoms with Gasteiger partial charge in [-0.15, -0.1) is 0 Å². The lowest BCUT2D eigenvalue weighted by atomic mass is 10.1. The monoisotopic (exact) mass is 380 g/mol. The third-order valence-corrected chi connectivity index (χ3v) is 4.56. The number of nitrogens with zero attached hydrogens (tertiary/aromatic N) is 4. The zero-order valence-electron chi connectivity index (χ0n) is 16.2. The van der Waals surface area contributed by atoms with Gasteiger partial charge in [0.25, 0.3) is 5.91 Å². The van der Waals surface area contributed by atoms with Gasteiger partial charge in [-0.1, -0.05) is 0 Å². The topological polar surface area (TPSA) is 78.7 Å². The predicted octanol–water partition coefficient (Wildman–Crippen LogP) is 2.71. The summed E-state index contributed by atoms with van der Waals surface area (Å²) in [7, 11) is 0. The minimum absolute atomic E-state index is 0.0256. The highest BCUT2D eigenvalue weighted by Gasteiger charge is 2.24. The van der Waals surface area contributed by atoms with E-state index in [0.29, 0.717) is 62.0 Å². The lowest BCUT2D eigenvalue weighted by Gasteiger charge is -2.35. The molecule has 1 amide bonds. The van der Waals surface area contributed by atoms with Crippen molar-refractivity contribution in [3.63, 3.8) is 0 Å². The maximum atomic E-state index is 12.9. The molecule has 1 aromatic heterocycles. The SMILES string of the molecule is CCOc1ccc(C(=O)N2CCN(c3cc(C#N)ccn3)CC2)cc1OCC. The van der Waals surface area contributed by atoms with Crippen molar-refractivity contribution in [3.05, 3.63) is 47.7 Å². The number of amides is 1. The summed E-state index contributed by atoms with van der Waals surface area (Å²) in [6.45, 7) is 7.38. The number of carbonyl (C=O) groups excluding carboxylic acids is 1. The van der Waals surface area contributed by atoms with Crippen molar-refractivity contribution in [1.29, 1.82) is 5.26 Å². The average molecular weight is 380 g/mol. The molecule has 1 saturated heterocycles. The van der Waals surface area contributed by atoms with Gasteiger partial charge in [0, 0.05) is 37.9 Å². The lowest BCUT2D eigenvalue weighted by molar-refractivity contribution is 0.0746. The Bertz CT molecular complexity index is 870. The Hall–Kier alpha value is -3.27. The number of rotatable bonds is 6. The van der Waals surface area contributed by atoms with Gasteiger partial charge >= 0.3 is 0 Å². The lowest BCUT2D eigenvalue weighted by Crippen LogP contribution is -2.49. The van der Waals surface area contributed by atoms with Crippen molar-refractivity contribution in [2.24, 2.45) is 0 Å². The number of pyridine rings is 1. The molecule has 146 valence electrons. The van der Waals surface area contributed by atoms with E-state index in [9.17, 15) is 4.79 Å². The molecule has 0 bridgehead atoms. The van der Waals surface area contributed by atoms with E-state index < -0.39 is 0 Å². The summed E-state index contributed by atoms with van der Waals surface area (Å²) >= 11 is 0. The highest BCUT2D eigenvalue weighted by atomic mass is 16.5. The van der Waals surface area contributed by atoms with E-state index in [0.717, 1.165) is 5.82 Å². The highest BCUT2D eigenvalue weighted by Crippen LogP contribution is 2.29. The first-order valence-corrected chi connectivity index (χ1v) is 9.46. The van der Waals surface area contributed by atoms with Crippen molar-refractivity contribution in [2.75, 3.05) is 44.3 Å². The number of benzene rings is 1. The van der Waals surface area contributed by atoms with Crippen molar-refractivity contribution in [1.82, 2.24) is 9.88 Å². The van der Waals surface area contributed by atoms with Gasteiger partial charge in [0.1, 0.15) is 5.82 Å². The third-order valence-electron chi connectivity index (χ3n) is 4.56. The summed E-state index contributed by atoms with van der Waals surface area (Å²) < 4.78 is 11.2. The number of piperazine rings is 1. The highest BCUT2D eigenvalue weighted by molar-refractivity contribution is 5.95. The second-order valence-corrected chi connectivity index (χ2v) is 6.32. The Kier molecular flexibility index (Phi) is 6.33. The van der Waals surface area contributed by atoms with Gasteiger partial charge in [0.15, 0.2) is 11.5 Å². The number of anilines is 1. The van der Waals surface area contributed by atoms with E-state index in [1.807, 2.05) is 18.7 Å². The third kappa shape index (κ3) is 4.34. The molecule has 0 radical (unpaired) electrons. The molecular formula is C21H24N4O3. The van der Waals surface area contributed by atoms with Gasteiger partial charge in [-0.2, -0.15) is 5.26 Å². The molecule has 1 aromatic carbocycles. The van der Waals surface area contributed by atoms with Crippen molar-refractivity contribution in [2.45, 2.75) is 13.8 Å². The number of hydrogen-bond acceptors (Lipinski definition) is 6. The molecule has 1 aliphatic heterocycles. The zero-order valence-corrected chi connectivity index (χ0v) is 16.2. The van der Waals surface area contributed by atoms with Crippen LogP contribution in [0.15, 0.2) is 36.5 Å². The Morgan fingerprint density at radius 3 is 2.46 bits per heavy atom. The first kappa shape index (κ1) is 19.5. The Morgan fingerprint density at radius 1 is 1.07 bits per heavy atom. The molecule has 0 N–H and O–H groups in total. The average Bonchev–Trinajstić information content (AvgIpc) is 2.75. The van der Waals surface area contributed by atoms with Crippen LogP contribution in [0.5, 0.6) is 11.5 Å². The molecule has 0 spiro atoms. The second-order valence-electron chi connectivity index (χ2n) is 6.32. The predicted molar refractivity (Wildman–Crippen MR) is 106 cm³/mol. The van der Waals surface area contributed by atoms with Gasteiger partial charge in [0.2, 0.25) is 0 Å². The number of aromatic nitrogens is 1.